The van der Waals surface area contributed by atoms with E-state index in [4.69, 9.17) is 16.7 Å². The molecule has 142 valence electrons. The van der Waals surface area contributed by atoms with Gasteiger partial charge >= 0.3 is 11.7 Å². The van der Waals surface area contributed by atoms with Crippen LogP contribution in [0.1, 0.15) is 21.5 Å². The smallest absolute Gasteiger partial charge is 0.337 e. The molecule has 0 aliphatic heterocycles. The number of aromatic amines is 1. The van der Waals surface area contributed by atoms with Gasteiger partial charge in [-0.25, -0.2) is 14.2 Å². The Morgan fingerprint density at radius 1 is 1.18 bits per heavy atom. The monoisotopic (exact) mass is 399 g/mol. The highest BCUT2D eigenvalue weighted by Crippen LogP contribution is 2.23. The van der Waals surface area contributed by atoms with Crippen LogP contribution < -0.4 is 11.2 Å². The first kappa shape index (κ1) is 19.1. The summed E-state index contributed by atoms with van der Waals surface area (Å²) in [5, 5.41) is 19.6. The Morgan fingerprint density at radius 2 is 1.86 bits per heavy atom. The number of H-pyrrole nitrogens is 1. The van der Waals surface area contributed by atoms with Gasteiger partial charge in [-0.05, 0) is 37.3 Å². The fourth-order valence-corrected chi connectivity index (χ4v) is 2.68. The minimum Gasteiger partial charge on any atom is -0.493 e. The van der Waals surface area contributed by atoms with E-state index in [1.807, 2.05) is 6.92 Å². The van der Waals surface area contributed by atoms with Crippen molar-refractivity contribution < 1.29 is 15.0 Å². The Bertz CT molecular complexity index is 1210. The van der Waals surface area contributed by atoms with Crippen molar-refractivity contribution in [3.05, 3.63) is 85.0 Å². The molecule has 0 bridgehead atoms. The topological polar surface area (TPSA) is 125 Å². The average molecular weight is 400 g/mol. The molecule has 0 saturated heterocycles. The molecule has 1 aromatic heterocycles. The number of rotatable bonds is 4. The van der Waals surface area contributed by atoms with Gasteiger partial charge in [0.15, 0.2) is 0 Å². The van der Waals surface area contributed by atoms with Crippen LogP contribution in [0.2, 0.25) is 5.02 Å². The minimum atomic E-state index is -1.23. The van der Waals surface area contributed by atoms with Crippen molar-refractivity contribution in [3.8, 4) is 11.6 Å². The number of halogens is 1. The second-order valence-corrected chi connectivity index (χ2v) is 6.30. The van der Waals surface area contributed by atoms with Crippen LogP contribution >= 0.6 is 11.6 Å². The number of benzene rings is 2. The number of nitrogens with one attached hydrogen (secondary N) is 1. The SMILES string of the molecule is Cc1ccc(-n2c(O)c(C=Nc3ccc(Cl)c(C(=O)O)c3)c(=O)[nH]c2=O)cc1. The van der Waals surface area contributed by atoms with E-state index in [1.54, 1.807) is 24.3 Å². The van der Waals surface area contributed by atoms with Gasteiger partial charge in [0.25, 0.3) is 5.56 Å². The minimum absolute atomic E-state index is 0.0417. The Hall–Kier alpha value is -3.65. The summed E-state index contributed by atoms with van der Waals surface area (Å²) in [6.45, 7) is 1.87. The van der Waals surface area contributed by atoms with Gasteiger partial charge in [-0.3, -0.25) is 14.8 Å². The maximum absolute atomic E-state index is 12.2. The number of aromatic nitrogens is 2. The van der Waals surface area contributed by atoms with Crippen LogP contribution in [-0.4, -0.2) is 31.9 Å². The molecule has 3 aromatic rings. The largest absolute Gasteiger partial charge is 0.493 e. The normalized spacial score (nSPS) is 11.1. The average Bonchev–Trinajstić information content (AvgIpc) is 2.63. The molecule has 8 nitrogen and oxygen atoms in total. The lowest BCUT2D eigenvalue weighted by molar-refractivity contribution is 0.0697. The van der Waals surface area contributed by atoms with Crippen LogP contribution in [0.15, 0.2) is 57.0 Å². The van der Waals surface area contributed by atoms with E-state index in [1.165, 1.54) is 18.2 Å². The molecular weight excluding hydrogens is 386 g/mol. The zero-order valence-corrected chi connectivity index (χ0v) is 15.3. The molecule has 3 rings (SSSR count). The summed E-state index contributed by atoms with van der Waals surface area (Å²) in [5.41, 5.74) is -0.525. The lowest BCUT2D eigenvalue weighted by Gasteiger charge is -2.09. The molecular formula is C19H14ClN3O5. The highest BCUT2D eigenvalue weighted by molar-refractivity contribution is 6.33. The summed E-state index contributed by atoms with van der Waals surface area (Å²) in [6, 6.07) is 10.8. The fraction of sp³-hybridized carbons (Fsp3) is 0.0526. The Kier molecular flexibility index (Phi) is 5.14. The summed E-state index contributed by atoms with van der Waals surface area (Å²) in [7, 11) is 0. The van der Waals surface area contributed by atoms with Crippen LogP contribution in [0.5, 0.6) is 5.88 Å². The Balaban J connectivity index is 2.09. The van der Waals surface area contributed by atoms with Crippen molar-refractivity contribution >= 4 is 29.5 Å². The third kappa shape index (κ3) is 3.72. The molecule has 3 N–H and O–H groups in total. The van der Waals surface area contributed by atoms with Gasteiger partial charge in [0.1, 0.15) is 5.56 Å². The number of hydrogen-bond acceptors (Lipinski definition) is 5. The molecule has 0 spiro atoms. The van der Waals surface area contributed by atoms with Crippen molar-refractivity contribution in [2.24, 2.45) is 4.99 Å². The maximum atomic E-state index is 12.2. The predicted molar refractivity (Wildman–Crippen MR) is 105 cm³/mol. The number of carboxylic acid groups (broad SMARTS) is 1. The lowest BCUT2D eigenvalue weighted by Crippen LogP contribution is -2.31. The summed E-state index contributed by atoms with van der Waals surface area (Å²) in [6.07, 6.45) is 1.05. The Morgan fingerprint density at radius 3 is 2.50 bits per heavy atom. The number of nitrogens with zero attached hydrogens (tertiary/aromatic N) is 2. The molecule has 0 unspecified atom stereocenters. The third-order valence-electron chi connectivity index (χ3n) is 3.94. The summed E-state index contributed by atoms with van der Waals surface area (Å²) in [4.78, 5) is 41.6. The number of aryl methyl sites for hydroxylation is 1. The van der Waals surface area contributed by atoms with E-state index in [2.05, 4.69) is 9.98 Å². The van der Waals surface area contributed by atoms with Crippen molar-refractivity contribution in [1.29, 1.82) is 0 Å². The standard InChI is InChI=1S/C19H14ClN3O5/c1-10-2-5-12(6-3-10)23-17(25)14(16(24)22-19(23)28)9-21-11-4-7-15(20)13(8-11)18(26)27/h2-9,25H,1H3,(H,26,27)(H,22,24,28). The summed E-state index contributed by atoms with van der Waals surface area (Å²) in [5.74, 6) is -1.82. The molecule has 28 heavy (non-hydrogen) atoms. The van der Waals surface area contributed by atoms with Crippen molar-refractivity contribution in [2.75, 3.05) is 0 Å². The van der Waals surface area contributed by atoms with Gasteiger partial charge in [0.05, 0.1) is 22.0 Å². The number of carboxylic acids is 1. The zero-order valence-electron chi connectivity index (χ0n) is 14.5. The molecule has 0 radical (unpaired) electrons. The quantitative estimate of drug-likeness (QED) is 0.581. The number of aliphatic imine (C=N–C) groups is 1. The van der Waals surface area contributed by atoms with E-state index < -0.39 is 23.1 Å². The number of carbonyl (C=O) groups is 1. The first-order chi connectivity index (χ1) is 13.3. The number of hydrogen-bond donors (Lipinski definition) is 3. The van der Waals surface area contributed by atoms with Crippen LogP contribution in [-0.2, 0) is 0 Å². The van der Waals surface area contributed by atoms with Crippen LogP contribution in [0, 0.1) is 6.92 Å². The van der Waals surface area contributed by atoms with Crippen molar-refractivity contribution in [2.45, 2.75) is 6.92 Å². The summed E-state index contributed by atoms with van der Waals surface area (Å²) < 4.78 is 0.937. The van der Waals surface area contributed by atoms with Gasteiger partial charge in [0.2, 0.25) is 5.88 Å². The molecule has 0 saturated carbocycles. The van der Waals surface area contributed by atoms with Gasteiger partial charge < -0.3 is 10.2 Å². The molecule has 0 amide bonds. The van der Waals surface area contributed by atoms with Crippen molar-refractivity contribution in [1.82, 2.24) is 9.55 Å². The van der Waals surface area contributed by atoms with E-state index >= 15 is 0 Å². The number of aromatic hydroxyl groups is 1. The third-order valence-corrected chi connectivity index (χ3v) is 4.27. The van der Waals surface area contributed by atoms with E-state index in [-0.39, 0.29) is 21.8 Å². The van der Waals surface area contributed by atoms with Gasteiger partial charge in [-0.1, -0.05) is 29.3 Å². The summed E-state index contributed by atoms with van der Waals surface area (Å²) >= 11 is 5.81. The molecule has 0 aliphatic rings. The first-order valence-corrected chi connectivity index (χ1v) is 8.38. The second-order valence-electron chi connectivity index (χ2n) is 5.90. The zero-order chi connectivity index (χ0) is 20.4. The number of aromatic carboxylic acids is 1. The van der Waals surface area contributed by atoms with Gasteiger partial charge in [0, 0.05) is 6.21 Å². The van der Waals surface area contributed by atoms with Gasteiger partial charge in [-0.2, -0.15) is 0 Å². The molecule has 0 aliphatic carbocycles. The van der Waals surface area contributed by atoms with Crippen molar-refractivity contribution in [3.63, 3.8) is 0 Å². The Labute approximate surface area is 163 Å². The molecule has 0 atom stereocenters. The van der Waals surface area contributed by atoms with Gasteiger partial charge in [-0.15, -0.1) is 0 Å². The first-order valence-electron chi connectivity index (χ1n) is 8.00. The van der Waals surface area contributed by atoms with E-state index in [0.29, 0.717) is 5.69 Å². The maximum Gasteiger partial charge on any atom is 0.337 e. The lowest BCUT2D eigenvalue weighted by atomic mass is 10.2. The molecule has 1 heterocycles. The van der Waals surface area contributed by atoms with Crippen LogP contribution in [0.4, 0.5) is 5.69 Å². The highest BCUT2D eigenvalue weighted by atomic mass is 35.5. The second kappa shape index (κ2) is 7.53. The molecule has 9 heteroatoms. The predicted octanol–water partition coefficient (Wildman–Crippen LogP) is 2.64. The van der Waals surface area contributed by atoms with Crippen LogP contribution in [0.3, 0.4) is 0 Å². The highest BCUT2D eigenvalue weighted by Gasteiger charge is 2.14. The molecule has 2 aromatic carbocycles. The fourth-order valence-electron chi connectivity index (χ4n) is 2.48. The van der Waals surface area contributed by atoms with E-state index in [0.717, 1.165) is 16.3 Å². The van der Waals surface area contributed by atoms with E-state index in [9.17, 15) is 19.5 Å². The van der Waals surface area contributed by atoms with Crippen LogP contribution in [0.25, 0.3) is 5.69 Å². The molecule has 0 fully saturated rings.